The predicted octanol–water partition coefficient (Wildman–Crippen LogP) is 6.94. The van der Waals surface area contributed by atoms with Crippen LogP contribution < -0.4 is 14.8 Å². The molecular weight excluding hydrogens is 715 g/mol. The minimum absolute atomic E-state index is 0.0749. The molecule has 57 heavy (non-hydrogen) atoms. The van der Waals surface area contributed by atoms with Gasteiger partial charge in [0.2, 0.25) is 5.91 Å². The number of likely N-dealkylation sites (tertiary alicyclic amines) is 3. The molecule has 0 spiro atoms. The molecule has 308 valence electrons. The Morgan fingerprint density at radius 3 is 2.04 bits per heavy atom. The van der Waals surface area contributed by atoms with Crippen LogP contribution in [0.4, 0.5) is 5.82 Å². The number of carbonyl (C=O) groups is 1. The number of nitrogens with one attached hydrogen (secondary N) is 1. The highest BCUT2D eigenvalue weighted by molar-refractivity contribution is 5.89. The van der Waals surface area contributed by atoms with Crippen LogP contribution in [0, 0.1) is 5.92 Å². The van der Waals surface area contributed by atoms with E-state index >= 15 is 0 Å². The monoisotopic (exact) mass is 779 g/mol. The van der Waals surface area contributed by atoms with E-state index in [1.807, 2.05) is 41.4 Å². The van der Waals surface area contributed by atoms with Gasteiger partial charge in [-0.05, 0) is 125 Å². The number of aromatic nitrogens is 1. The third-order valence-electron chi connectivity index (χ3n) is 13.6. The van der Waals surface area contributed by atoms with Gasteiger partial charge in [-0.3, -0.25) is 9.69 Å². The molecule has 0 unspecified atom stereocenters. The molecule has 1 aromatic heterocycles. The molecule has 6 fully saturated rings. The SMILES string of the molecule is O=C(N1CCC1)C1(c2ccc(OCCCN3CCCC3)cc2)CCOCC1.c1ccc(NCC2(c3ccc(OCC4CN(C5CCC5)C4)cc3)CCOCC2)nc1. The van der Waals surface area contributed by atoms with Gasteiger partial charge in [0, 0.05) is 89.3 Å². The highest BCUT2D eigenvalue weighted by atomic mass is 16.5. The lowest BCUT2D eigenvalue weighted by Gasteiger charge is -2.47. The van der Waals surface area contributed by atoms with E-state index in [0.717, 1.165) is 120 Å². The molecule has 10 nitrogen and oxygen atoms in total. The van der Waals surface area contributed by atoms with Gasteiger partial charge in [0.15, 0.2) is 0 Å². The Hall–Kier alpha value is -3.70. The molecule has 10 heteroatoms. The molecular formula is C47H65N5O5. The molecule has 5 saturated heterocycles. The second kappa shape index (κ2) is 19.4. The zero-order valence-corrected chi connectivity index (χ0v) is 34.1. The van der Waals surface area contributed by atoms with E-state index < -0.39 is 5.41 Å². The second-order valence-electron chi connectivity index (χ2n) is 17.3. The van der Waals surface area contributed by atoms with Crippen molar-refractivity contribution >= 4 is 11.7 Å². The number of hydrogen-bond donors (Lipinski definition) is 1. The Morgan fingerprint density at radius 2 is 1.42 bits per heavy atom. The fraction of sp³-hybridized carbons (Fsp3) is 0.617. The standard InChI is InChI=1S/C25H33N3O2.C22H32N2O3/c1-2-13-26-24(6-1)27-19-25(11-14-29-15-12-25)21-7-9-23(10-8-21)30-18-20-16-28(17-20)22-4-3-5-22;25-21(24-14-3-15-24)22(9-17-26-18-10-22)19-5-7-20(8-6-19)27-16-4-13-23-11-1-2-12-23/h1-2,6-10,13,20,22H,3-5,11-12,14-19H2,(H,26,27);5-8H,1-4,9-18H2. The number of nitrogens with zero attached hydrogens (tertiary/aromatic N) is 4. The molecule has 2 aromatic carbocycles. The Labute approximate surface area is 340 Å². The summed E-state index contributed by atoms with van der Waals surface area (Å²) in [4.78, 5) is 24.7. The van der Waals surface area contributed by atoms with Gasteiger partial charge in [0.25, 0.3) is 0 Å². The van der Waals surface area contributed by atoms with Crippen molar-refractivity contribution in [2.45, 2.75) is 87.5 Å². The number of carbonyl (C=O) groups excluding carboxylic acids is 1. The molecule has 9 rings (SSSR count). The summed E-state index contributed by atoms with van der Waals surface area (Å²) in [6, 6.07) is 23.9. The molecule has 0 atom stereocenters. The van der Waals surface area contributed by atoms with Crippen molar-refractivity contribution in [1.29, 1.82) is 0 Å². The van der Waals surface area contributed by atoms with E-state index in [9.17, 15) is 4.79 Å². The lowest BCUT2D eigenvalue weighted by molar-refractivity contribution is -0.145. The molecule has 1 saturated carbocycles. The van der Waals surface area contributed by atoms with Gasteiger partial charge in [-0.25, -0.2) is 4.98 Å². The highest BCUT2D eigenvalue weighted by Gasteiger charge is 2.45. The topological polar surface area (TPSA) is 88.6 Å². The van der Waals surface area contributed by atoms with Crippen molar-refractivity contribution in [1.82, 2.24) is 19.7 Å². The van der Waals surface area contributed by atoms with Crippen LogP contribution in [0.15, 0.2) is 72.9 Å². The van der Waals surface area contributed by atoms with E-state index in [2.05, 4.69) is 56.5 Å². The zero-order valence-electron chi connectivity index (χ0n) is 34.1. The Kier molecular flexibility index (Phi) is 13.6. The van der Waals surface area contributed by atoms with Crippen LogP contribution in [0.2, 0.25) is 0 Å². The fourth-order valence-electron chi connectivity index (χ4n) is 9.46. The van der Waals surface area contributed by atoms with Crippen LogP contribution in [0.25, 0.3) is 0 Å². The van der Waals surface area contributed by atoms with Gasteiger partial charge in [0.05, 0.1) is 18.6 Å². The summed E-state index contributed by atoms with van der Waals surface area (Å²) in [6.07, 6.45) is 14.5. The summed E-state index contributed by atoms with van der Waals surface area (Å²) in [5, 5.41) is 3.54. The third-order valence-corrected chi connectivity index (χ3v) is 13.6. The number of ether oxygens (including phenoxy) is 4. The molecule has 6 aliphatic rings. The predicted molar refractivity (Wildman–Crippen MR) is 224 cm³/mol. The van der Waals surface area contributed by atoms with Crippen molar-refractivity contribution in [3.05, 3.63) is 84.1 Å². The number of hydrogen-bond acceptors (Lipinski definition) is 9. The number of amides is 1. The first-order valence-electron chi connectivity index (χ1n) is 22.1. The van der Waals surface area contributed by atoms with E-state index in [1.54, 1.807) is 0 Å². The van der Waals surface area contributed by atoms with E-state index in [1.165, 1.54) is 63.8 Å². The fourth-order valence-corrected chi connectivity index (χ4v) is 9.46. The van der Waals surface area contributed by atoms with Crippen molar-refractivity contribution in [2.24, 2.45) is 5.92 Å². The summed E-state index contributed by atoms with van der Waals surface area (Å²) >= 11 is 0. The minimum Gasteiger partial charge on any atom is -0.494 e. The maximum absolute atomic E-state index is 13.2. The quantitative estimate of drug-likeness (QED) is 0.165. The van der Waals surface area contributed by atoms with Crippen LogP contribution in [0.5, 0.6) is 11.5 Å². The first-order valence-corrected chi connectivity index (χ1v) is 22.1. The molecule has 1 amide bonds. The van der Waals surface area contributed by atoms with Crippen LogP contribution in [-0.2, 0) is 25.1 Å². The third kappa shape index (κ3) is 9.95. The van der Waals surface area contributed by atoms with E-state index in [0.29, 0.717) is 19.1 Å². The first-order chi connectivity index (χ1) is 28.1. The molecule has 0 radical (unpaired) electrons. The van der Waals surface area contributed by atoms with E-state index in [-0.39, 0.29) is 11.3 Å². The second-order valence-corrected chi connectivity index (χ2v) is 17.3. The van der Waals surface area contributed by atoms with Crippen LogP contribution in [0.3, 0.4) is 0 Å². The number of benzene rings is 2. The van der Waals surface area contributed by atoms with Gasteiger partial charge in [-0.15, -0.1) is 0 Å². The lowest BCUT2D eigenvalue weighted by atomic mass is 9.72. The zero-order chi connectivity index (χ0) is 38.8. The average Bonchev–Trinajstić information content (AvgIpc) is 3.74. The molecule has 3 aromatic rings. The van der Waals surface area contributed by atoms with Crippen molar-refractivity contribution in [2.75, 3.05) is 97.3 Å². The summed E-state index contributed by atoms with van der Waals surface area (Å²) in [5.74, 6) is 3.80. The van der Waals surface area contributed by atoms with Crippen molar-refractivity contribution < 1.29 is 23.7 Å². The van der Waals surface area contributed by atoms with Gasteiger partial charge in [0.1, 0.15) is 17.3 Å². The first kappa shape index (κ1) is 40.1. The van der Waals surface area contributed by atoms with Gasteiger partial charge < -0.3 is 34.1 Å². The molecule has 1 aliphatic carbocycles. The summed E-state index contributed by atoms with van der Waals surface area (Å²) < 4.78 is 23.3. The summed E-state index contributed by atoms with van der Waals surface area (Å²) in [5.41, 5.74) is 2.15. The largest absolute Gasteiger partial charge is 0.494 e. The lowest BCUT2D eigenvalue weighted by Crippen LogP contribution is -2.55. The van der Waals surface area contributed by atoms with Crippen molar-refractivity contribution in [3.8, 4) is 11.5 Å². The average molecular weight is 780 g/mol. The molecule has 0 bridgehead atoms. The molecule has 1 N–H and O–H groups in total. The summed E-state index contributed by atoms with van der Waals surface area (Å²) in [6.45, 7) is 13.2. The highest BCUT2D eigenvalue weighted by Crippen LogP contribution is 2.39. The Balaban J connectivity index is 0.000000161. The maximum atomic E-state index is 13.2. The number of rotatable bonds is 15. The number of anilines is 1. The van der Waals surface area contributed by atoms with Gasteiger partial charge in [-0.2, -0.15) is 0 Å². The summed E-state index contributed by atoms with van der Waals surface area (Å²) in [7, 11) is 0. The van der Waals surface area contributed by atoms with Gasteiger partial charge >= 0.3 is 0 Å². The smallest absolute Gasteiger partial charge is 0.233 e. The van der Waals surface area contributed by atoms with E-state index in [4.69, 9.17) is 18.9 Å². The van der Waals surface area contributed by atoms with Crippen LogP contribution >= 0.6 is 0 Å². The van der Waals surface area contributed by atoms with Gasteiger partial charge in [-0.1, -0.05) is 36.8 Å². The van der Waals surface area contributed by atoms with Crippen LogP contribution in [0.1, 0.15) is 81.8 Å². The Morgan fingerprint density at radius 1 is 0.754 bits per heavy atom. The number of pyridine rings is 1. The van der Waals surface area contributed by atoms with Crippen LogP contribution in [-0.4, -0.2) is 124 Å². The minimum atomic E-state index is -0.410. The molecule has 5 aliphatic heterocycles. The van der Waals surface area contributed by atoms with Crippen molar-refractivity contribution in [3.63, 3.8) is 0 Å². The normalized spacial score (nSPS) is 22.3. The molecule has 6 heterocycles. The Bertz CT molecular complexity index is 1660. The maximum Gasteiger partial charge on any atom is 0.233 e.